The van der Waals surface area contributed by atoms with Crippen LogP contribution in [-0.4, -0.2) is 25.6 Å². The smallest absolute Gasteiger partial charge is 0.233 e. The summed E-state index contributed by atoms with van der Waals surface area (Å²) in [5, 5.41) is 5.86. The Morgan fingerprint density at radius 3 is 2.55 bits per heavy atom. The van der Waals surface area contributed by atoms with Gasteiger partial charge in [-0.2, -0.15) is 0 Å². The van der Waals surface area contributed by atoms with Crippen molar-refractivity contribution in [2.45, 2.75) is 33.7 Å². The molecule has 0 unspecified atom stereocenters. The van der Waals surface area contributed by atoms with Gasteiger partial charge in [-0.3, -0.25) is 4.79 Å². The minimum atomic E-state index is 0.0288. The molecule has 0 saturated heterocycles. The number of ether oxygens (including phenoxy) is 1. The van der Waals surface area contributed by atoms with Crippen LogP contribution in [0, 0.1) is 5.92 Å². The molecular weight excluding hydrogens is 252 g/mol. The zero-order valence-electron chi connectivity index (χ0n) is 12.7. The highest BCUT2D eigenvalue weighted by Crippen LogP contribution is 2.13. The van der Waals surface area contributed by atoms with Crippen LogP contribution in [0.25, 0.3) is 0 Å². The van der Waals surface area contributed by atoms with Gasteiger partial charge in [0.25, 0.3) is 0 Å². The number of hydrogen-bond acceptors (Lipinski definition) is 3. The van der Waals surface area contributed by atoms with Gasteiger partial charge in [0.15, 0.2) is 0 Å². The van der Waals surface area contributed by atoms with Crippen molar-refractivity contribution < 1.29 is 9.53 Å². The Kier molecular flexibility index (Phi) is 7.73. The van der Waals surface area contributed by atoms with Crippen LogP contribution in [0.4, 0.5) is 0 Å². The number of hydrogen-bond donors (Lipinski definition) is 2. The Balaban J connectivity index is 2.26. The fraction of sp³-hybridized carbons (Fsp3) is 0.562. The van der Waals surface area contributed by atoms with Crippen molar-refractivity contribution in [2.75, 3.05) is 19.7 Å². The van der Waals surface area contributed by atoms with Gasteiger partial charge in [-0.15, -0.1) is 0 Å². The summed E-state index contributed by atoms with van der Waals surface area (Å²) in [6, 6.07) is 8.00. The van der Waals surface area contributed by atoms with Crippen LogP contribution < -0.4 is 15.4 Å². The van der Waals surface area contributed by atoms with Crippen LogP contribution in [-0.2, 0) is 11.3 Å². The third kappa shape index (κ3) is 7.14. The molecule has 0 heterocycles. The van der Waals surface area contributed by atoms with Gasteiger partial charge in [-0.25, -0.2) is 0 Å². The number of benzene rings is 1. The highest BCUT2D eigenvalue weighted by Gasteiger charge is 2.00. The van der Waals surface area contributed by atoms with Gasteiger partial charge < -0.3 is 15.4 Å². The predicted octanol–water partition coefficient (Wildman–Crippen LogP) is 2.34. The fourth-order valence-electron chi connectivity index (χ4n) is 1.70. The van der Waals surface area contributed by atoms with Gasteiger partial charge in [0.05, 0.1) is 13.2 Å². The Bertz CT molecular complexity index is 388. The SMILES string of the molecule is CCNC(=O)CNCc1ccc(OCCC(C)C)cc1. The fourth-order valence-corrected chi connectivity index (χ4v) is 1.70. The summed E-state index contributed by atoms with van der Waals surface area (Å²) in [5.41, 5.74) is 1.14. The van der Waals surface area contributed by atoms with Gasteiger partial charge >= 0.3 is 0 Å². The lowest BCUT2D eigenvalue weighted by Gasteiger charge is -2.09. The molecular formula is C16H26N2O2. The summed E-state index contributed by atoms with van der Waals surface area (Å²) in [6.07, 6.45) is 1.07. The van der Waals surface area contributed by atoms with Crippen LogP contribution in [0.3, 0.4) is 0 Å². The van der Waals surface area contributed by atoms with Gasteiger partial charge in [0, 0.05) is 13.1 Å². The Morgan fingerprint density at radius 1 is 1.25 bits per heavy atom. The van der Waals surface area contributed by atoms with Crippen molar-refractivity contribution in [3.63, 3.8) is 0 Å². The summed E-state index contributed by atoms with van der Waals surface area (Å²) >= 11 is 0. The molecule has 1 amide bonds. The minimum Gasteiger partial charge on any atom is -0.494 e. The maximum Gasteiger partial charge on any atom is 0.233 e. The molecule has 1 rings (SSSR count). The van der Waals surface area contributed by atoms with E-state index in [1.165, 1.54) is 0 Å². The van der Waals surface area contributed by atoms with E-state index in [1.54, 1.807) is 0 Å². The Labute approximate surface area is 121 Å². The quantitative estimate of drug-likeness (QED) is 0.729. The lowest BCUT2D eigenvalue weighted by molar-refractivity contribution is -0.120. The van der Waals surface area contributed by atoms with E-state index < -0.39 is 0 Å². The zero-order chi connectivity index (χ0) is 14.8. The Hall–Kier alpha value is -1.55. The van der Waals surface area contributed by atoms with Gasteiger partial charge in [-0.1, -0.05) is 26.0 Å². The molecule has 112 valence electrons. The molecule has 4 nitrogen and oxygen atoms in total. The highest BCUT2D eigenvalue weighted by molar-refractivity contribution is 5.77. The van der Waals surface area contributed by atoms with Gasteiger partial charge in [-0.05, 0) is 37.0 Å². The molecule has 20 heavy (non-hydrogen) atoms. The highest BCUT2D eigenvalue weighted by atomic mass is 16.5. The molecule has 0 fully saturated rings. The second kappa shape index (κ2) is 9.37. The van der Waals surface area contributed by atoms with Crippen molar-refractivity contribution >= 4 is 5.91 Å². The lowest BCUT2D eigenvalue weighted by atomic mass is 10.1. The summed E-state index contributed by atoms with van der Waals surface area (Å²) in [7, 11) is 0. The van der Waals surface area contributed by atoms with Crippen molar-refractivity contribution in [1.82, 2.24) is 10.6 Å². The van der Waals surface area contributed by atoms with Gasteiger partial charge in [0.1, 0.15) is 5.75 Å². The van der Waals surface area contributed by atoms with Crippen LogP contribution >= 0.6 is 0 Å². The predicted molar refractivity (Wildman–Crippen MR) is 81.8 cm³/mol. The molecule has 0 bridgehead atoms. The molecule has 0 aromatic heterocycles. The summed E-state index contributed by atoms with van der Waals surface area (Å²) in [6.45, 7) is 8.74. The van der Waals surface area contributed by atoms with E-state index in [2.05, 4.69) is 24.5 Å². The molecule has 0 spiro atoms. The molecule has 0 saturated carbocycles. The standard InChI is InChI=1S/C16H26N2O2/c1-4-18-16(19)12-17-11-14-5-7-15(8-6-14)20-10-9-13(2)3/h5-8,13,17H,4,9-12H2,1-3H3,(H,18,19). The van der Waals surface area contributed by atoms with E-state index in [0.29, 0.717) is 25.6 Å². The van der Waals surface area contributed by atoms with Crippen LogP contribution in [0.2, 0.25) is 0 Å². The van der Waals surface area contributed by atoms with Crippen molar-refractivity contribution in [1.29, 1.82) is 0 Å². The van der Waals surface area contributed by atoms with E-state index in [9.17, 15) is 4.79 Å². The largest absolute Gasteiger partial charge is 0.494 e. The van der Waals surface area contributed by atoms with E-state index in [0.717, 1.165) is 24.3 Å². The lowest BCUT2D eigenvalue weighted by Crippen LogP contribution is -2.33. The topological polar surface area (TPSA) is 50.4 Å². The first-order valence-electron chi connectivity index (χ1n) is 7.31. The maximum atomic E-state index is 11.3. The molecule has 1 aromatic rings. The first-order valence-corrected chi connectivity index (χ1v) is 7.31. The molecule has 0 aliphatic carbocycles. The molecule has 0 aliphatic heterocycles. The number of carbonyl (C=O) groups is 1. The first-order chi connectivity index (χ1) is 9.61. The average Bonchev–Trinajstić information content (AvgIpc) is 2.40. The summed E-state index contributed by atoms with van der Waals surface area (Å²) in [5.74, 6) is 1.59. The minimum absolute atomic E-state index is 0.0288. The molecule has 0 atom stereocenters. The monoisotopic (exact) mass is 278 g/mol. The number of nitrogens with one attached hydrogen (secondary N) is 2. The summed E-state index contributed by atoms with van der Waals surface area (Å²) < 4.78 is 5.66. The second-order valence-electron chi connectivity index (χ2n) is 5.23. The molecule has 0 radical (unpaired) electrons. The number of likely N-dealkylation sites (N-methyl/N-ethyl adjacent to an activating group) is 1. The normalized spacial score (nSPS) is 10.6. The molecule has 2 N–H and O–H groups in total. The van der Waals surface area contributed by atoms with E-state index >= 15 is 0 Å². The van der Waals surface area contributed by atoms with Gasteiger partial charge in [0.2, 0.25) is 5.91 Å². The second-order valence-corrected chi connectivity index (χ2v) is 5.23. The van der Waals surface area contributed by atoms with Crippen LogP contribution in [0.15, 0.2) is 24.3 Å². The molecule has 0 aliphatic rings. The van der Waals surface area contributed by atoms with Crippen LogP contribution in [0.1, 0.15) is 32.8 Å². The number of amides is 1. The first kappa shape index (κ1) is 16.5. The average molecular weight is 278 g/mol. The van der Waals surface area contributed by atoms with Crippen molar-refractivity contribution in [3.8, 4) is 5.75 Å². The molecule has 1 aromatic carbocycles. The summed E-state index contributed by atoms with van der Waals surface area (Å²) in [4.78, 5) is 11.3. The Morgan fingerprint density at radius 2 is 1.95 bits per heavy atom. The molecule has 4 heteroatoms. The third-order valence-corrected chi connectivity index (χ3v) is 2.88. The van der Waals surface area contributed by atoms with E-state index in [-0.39, 0.29) is 5.91 Å². The van der Waals surface area contributed by atoms with Crippen molar-refractivity contribution in [2.24, 2.45) is 5.92 Å². The number of carbonyl (C=O) groups excluding carboxylic acids is 1. The number of rotatable bonds is 9. The van der Waals surface area contributed by atoms with E-state index in [1.807, 2.05) is 31.2 Å². The third-order valence-electron chi connectivity index (χ3n) is 2.88. The van der Waals surface area contributed by atoms with Crippen molar-refractivity contribution in [3.05, 3.63) is 29.8 Å². The van der Waals surface area contributed by atoms with Crippen LogP contribution in [0.5, 0.6) is 5.75 Å². The maximum absolute atomic E-state index is 11.3. The zero-order valence-corrected chi connectivity index (χ0v) is 12.7. The van der Waals surface area contributed by atoms with E-state index in [4.69, 9.17) is 4.74 Å².